The van der Waals surface area contributed by atoms with Crippen molar-refractivity contribution >= 4 is 0 Å². The maximum Gasteiger partial charge on any atom is 0.0999 e. The Morgan fingerprint density at radius 3 is 2.47 bits per heavy atom. The summed E-state index contributed by atoms with van der Waals surface area (Å²) < 4.78 is 1.99. The van der Waals surface area contributed by atoms with E-state index in [1.807, 2.05) is 4.68 Å². The predicted molar refractivity (Wildman–Crippen MR) is 58.3 cm³/mol. The standard InChI is InChI=1S/C11H18N4/c1-4-9(5-2)15-11(6-3)10(7-8-12)13-14-15/h9H,4-7H2,1-3H3. The fourth-order valence-corrected chi connectivity index (χ4v) is 1.85. The summed E-state index contributed by atoms with van der Waals surface area (Å²) >= 11 is 0. The van der Waals surface area contributed by atoms with Crippen LogP contribution < -0.4 is 0 Å². The smallest absolute Gasteiger partial charge is 0.0999 e. The van der Waals surface area contributed by atoms with Gasteiger partial charge in [-0.15, -0.1) is 5.10 Å². The van der Waals surface area contributed by atoms with Crippen molar-refractivity contribution in [2.24, 2.45) is 0 Å². The summed E-state index contributed by atoms with van der Waals surface area (Å²) in [7, 11) is 0. The lowest BCUT2D eigenvalue weighted by Crippen LogP contribution is -2.12. The third-order valence-corrected chi connectivity index (χ3v) is 2.74. The van der Waals surface area contributed by atoms with E-state index in [1.165, 1.54) is 0 Å². The highest BCUT2D eigenvalue weighted by Crippen LogP contribution is 2.18. The van der Waals surface area contributed by atoms with E-state index in [1.54, 1.807) is 0 Å². The molecule has 0 atom stereocenters. The van der Waals surface area contributed by atoms with Crippen LogP contribution in [0.5, 0.6) is 0 Å². The third-order valence-electron chi connectivity index (χ3n) is 2.74. The van der Waals surface area contributed by atoms with Gasteiger partial charge in [-0.2, -0.15) is 5.26 Å². The third kappa shape index (κ3) is 2.35. The van der Waals surface area contributed by atoms with E-state index in [-0.39, 0.29) is 0 Å². The maximum atomic E-state index is 8.67. The van der Waals surface area contributed by atoms with Gasteiger partial charge in [-0.05, 0) is 19.3 Å². The van der Waals surface area contributed by atoms with Crippen LogP contribution in [0.2, 0.25) is 0 Å². The highest BCUT2D eigenvalue weighted by molar-refractivity contribution is 5.14. The molecule has 4 heteroatoms. The van der Waals surface area contributed by atoms with Crippen LogP contribution in [-0.4, -0.2) is 15.0 Å². The van der Waals surface area contributed by atoms with Gasteiger partial charge in [0.05, 0.1) is 29.9 Å². The molecule has 0 aromatic carbocycles. The van der Waals surface area contributed by atoms with Gasteiger partial charge in [-0.3, -0.25) is 0 Å². The van der Waals surface area contributed by atoms with Gasteiger partial charge in [0.2, 0.25) is 0 Å². The molecular formula is C11H18N4. The lowest BCUT2D eigenvalue weighted by Gasteiger charge is -2.15. The molecule has 0 unspecified atom stereocenters. The van der Waals surface area contributed by atoms with Gasteiger partial charge in [0.1, 0.15) is 0 Å². The quantitative estimate of drug-likeness (QED) is 0.742. The summed E-state index contributed by atoms with van der Waals surface area (Å²) in [5.74, 6) is 0. The number of hydrogen-bond acceptors (Lipinski definition) is 3. The van der Waals surface area contributed by atoms with Crippen LogP contribution in [0.1, 0.15) is 51.0 Å². The van der Waals surface area contributed by atoms with Crippen LogP contribution in [0.4, 0.5) is 0 Å². The molecule has 0 aliphatic rings. The number of nitrogens with zero attached hydrogens (tertiary/aromatic N) is 4. The van der Waals surface area contributed by atoms with Crippen LogP contribution in [0, 0.1) is 11.3 Å². The highest BCUT2D eigenvalue weighted by atomic mass is 15.4. The number of nitriles is 1. The van der Waals surface area contributed by atoms with Gasteiger partial charge >= 0.3 is 0 Å². The molecular weight excluding hydrogens is 188 g/mol. The van der Waals surface area contributed by atoms with Crippen molar-refractivity contribution in [3.63, 3.8) is 0 Å². The van der Waals surface area contributed by atoms with Crippen molar-refractivity contribution in [2.45, 2.75) is 52.5 Å². The minimum absolute atomic E-state index is 0.364. The molecule has 0 aliphatic heterocycles. The summed E-state index contributed by atoms with van der Waals surface area (Å²) in [6, 6.07) is 2.55. The van der Waals surface area contributed by atoms with E-state index in [0.29, 0.717) is 12.5 Å². The van der Waals surface area contributed by atoms with Crippen molar-refractivity contribution in [1.82, 2.24) is 15.0 Å². The molecule has 0 spiro atoms. The minimum atomic E-state index is 0.364. The molecule has 1 rings (SSSR count). The minimum Gasteiger partial charge on any atom is -0.246 e. The second-order valence-corrected chi connectivity index (χ2v) is 3.59. The molecule has 0 bridgehead atoms. The first-order chi connectivity index (χ1) is 7.28. The van der Waals surface area contributed by atoms with Crippen molar-refractivity contribution in [2.75, 3.05) is 0 Å². The molecule has 4 nitrogen and oxygen atoms in total. The predicted octanol–water partition coefficient (Wildman–Crippen LogP) is 2.27. The molecule has 0 aliphatic carbocycles. The van der Waals surface area contributed by atoms with Crippen LogP contribution >= 0.6 is 0 Å². The molecule has 1 aromatic rings. The number of aromatic nitrogens is 3. The van der Waals surface area contributed by atoms with E-state index < -0.39 is 0 Å². The Morgan fingerprint density at radius 2 is 2.00 bits per heavy atom. The largest absolute Gasteiger partial charge is 0.246 e. The van der Waals surface area contributed by atoms with E-state index in [4.69, 9.17) is 5.26 Å². The molecule has 82 valence electrons. The zero-order valence-electron chi connectivity index (χ0n) is 9.69. The van der Waals surface area contributed by atoms with Crippen LogP contribution in [0.25, 0.3) is 0 Å². The number of rotatable bonds is 5. The summed E-state index contributed by atoms with van der Waals surface area (Å²) in [4.78, 5) is 0. The zero-order valence-corrected chi connectivity index (χ0v) is 9.69. The van der Waals surface area contributed by atoms with Gasteiger partial charge in [-0.25, -0.2) is 4.68 Å². The summed E-state index contributed by atoms with van der Waals surface area (Å²) in [5.41, 5.74) is 1.96. The average Bonchev–Trinajstić information content (AvgIpc) is 2.64. The lowest BCUT2D eigenvalue weighted by atomic mass is 10.1. The number of hydrogen-bond donors (Lipinski definition) is 0. The normalized spacial score (nSPS) is 10.6. The Hall–Kier alpha value is -1.37. The molecule has 1 aromatic heterocycles. The van der Waals surface area contributed by atoms with Gasteiger partial charge in [0, 0.05) is 0 Å². The second-order valence-electron chi connectivity index (χ2n) is 3.59. The summed E-state index contributed by atoms with van der Waals surface area (Å²) in [5, 5.41) is 16.9. The summed E-state index contributed by atoms with van der Waals surface area (Å²) in [6.45, 7) is 6.39. The second kappa shape index (κ2) is 5.50. The fourth-order valence-electron chi connectivity index (χ4n) is 1.85. The first-order valence-corrected chi connectivity index (χ1v) is 5.58. The van der Waals surface area contributed by atoms with Crippen LogP contribution in [0.15, 0.2) is 0 Å². The Bertz CT molecular complexity index is 344. The molecule has 0 saturated heterocycles. The van der Waals surface area contributed by atoms with Crippen molar-refractivity contribution in [3.8, 4) is 6.07 Å². The van der Waals surface area contributed by atoms with Crippen molar-refractivity contribution < 1.29 is 0 Å². The molecule has 1 heterocycles. The van der Waals surface area contributed by atoms with Crippen molar-refractivity contribution in [1.29, 1.82) is 5.26 Å². The zero-order chi connectivity index (χ0) is 11.3. The average molecular weight is 206 g/mol. The Kier molecular flexibility index (Phi) is 4.29. The van der Waals surface area contributed by atoms with Gasteiger partial charge in [-0.1, -0.05) is 26.0 Å². The Balaban J connectivity index is 3.03. The highest BCUT2D eigenvalue weighted by Gasteiger charge is 2.15. The Morgan fingerprint density at radius 1 is 1.33 bits per heavy atom. The van der Waals surface area contributed by atoms with E-state index in [0.717, 1.165) is 30.7 Å². The van der Waals surface area contributed by atoms with E-state index >= 15 is 0 Å². The Labute approximate surface area is 90.9 Å². The molecule has 0 fully saturated rings. The van der Waals surface area contributed by atoms with Crippen molar-refractivity contribution in [3.05, 3.63) is 11.4 Å². The first kappa shape index (κ1) is 11.7. The van der Waals surface area contributed by atoms with Crippen LogP contribution in [0.3, 0.4) is 0 Å². The molecule has 15 heavy (non-hydrogen) atoms. The van der Waals surface area contributed by atoms with Gasteiger partial charge < -0.3 is 0 Å². The van der Waals surface area contributed by atoms with Gasteiger partial charge in [0.15, 0.2) is 0 Å². The molecule has 0 amide bonds. The maximum absolute atomic E-state index is 8.67. The fraction of sp³-hybridized carbons (Fsp3) is 0.727. The molecule has 0 N–H and O–H groups in total. The van der Waals surface area contributed by atoms with E-state index in [2.05, 4.69) is 37.2 Å². The topological polar surface area (TPSA) is 54.5 Å². The molecule has 0 radical (unpaired) electrons. The van der Waals surface area contributed by atoms with Gasteiger partial charge in [0.25, 0.3) is 0 Å². The monoisotopic (exact) mass is 206 g/mol. The SMILES string of the molecule is CCc1c(CC#N)nnn1C(CC)CC. The van der Waals surface area contributed by atoms with Crippen LogP contribution in [-0.2, 0) is 12.8 Å². The molecule has 0 saturated carbocycles. The van der Waals surface area contributed by atoms with E-state index in [9.17, 15) is 0 Å². The lowest BCUT2D eigenvalue weighted by molar-refractivity contribution is 0.406. The summed E-state index contributed by atoms with van der Waals surface area (Å²) in [6.07, 6.45) is 3.36. The first-order valence-electron chi connectivity index (χ1n) is 5.58.